The van der Waals surface area contributed by atoms with Gasteiger partial charge in [-0.15, -0.1) is 0 Å². The van der Waals surface area contributed by atoms with Crippen LogP contribution in [0.2, 0.25) is 0 Å². The Bertz CT molecular complexity index is 467. The van der Waals surface area contributed by atoms with Crippen LogP contribution in [-0.2, 0) is 11.3 Å². The lowest BCUT2D eigenvalue weighted by Crippen LogP contribution is -2.24. The summed E-state index contributed by atoms with van der Waals surface area (Å²) < 4.78 is 7.84. The van der Waals surface area contributed by atoms with Crippen molar-refractivity contribution in [1.82, 2.24) is 9.55 Å². The van der Waals surface area contributed by atoms with Crippen LogP contribution in [0.25, 0.3) is 0 Å². The van der Waals surface area contributed by atoms with Crippen LogP contribution in [0.4, 0.5) is 0 Å². The van der Waals surface area contributed by atoms with E-state index in [1.165, 1.54) is 25.7 Å². The zero-order chi connectivity index (χ0) is 13.7. The van der Waals surface area contributed by atoms with Crippen LogP contribution >= 0.6 is 22.6 Å². The van der Waals surface area contributed by atoms with Crippen LogP contribution in [0, 0.1) is 16.4 Å². The predicted molar refractivity (Wildman–Crippen MR) is 83.3 cm³/mol. The van der Waals surface area contributed by atoms with Gasteiger partial charge in [-0.3, -0.25) is 9.36 Å². The third-order valence-electron chi connectivity index (χ3n) is 3.76. The molecule has 0 saturated carbocycles. The molecule has 0 amide bonds. The number of halogens is 1. The molecule has 1 aliphatic heterocycles. The standard InChI is InChI=1S/C14H21IN2O2/c1-11-13(15)14(18)17(10-16-11)7-3-2-4-12-5-8-19-9-6-12/h10,12H,2-9H2,1H3. The van der Waals surface area contributed by atoms with E-state index in [1.807, 2.05) is 6.92 Å². The van der Waals surface area contributed by atoms with E-state index in [0.717, 1.165) is 41.4 Å². The summed E-state index contributed by atoms with van der Waals surface area (Å²) in [6, 6.07) is 0. The molecule has 0 atom stereocenters. The zero-order valence-corrected chi connectivity index (χ0v) is 13.6. The van der Waals surface area contributed by atoms with E-state index in [4.69, 9.17) is 4.74 Å². The summed E-state index contributed by atoms with van der Waals surface area (Å²) in [5, 5.41) is 0. The molecule has 0 spiro atoms. The molecule has 0 unspecified atom stereocenters. The summed E-state index contributed by atoms with van der Waals surface area (Å²) in [6.45, 7) is 4.50. The van der Waals surface area contributed by atoms with Crippen LogP contribution in [0.5, 0.6) is 0 Å². The maximum Gasteiger partial charge on any atom is 0.266 e. The van der Waals surface area contributed by atoms with Crippen molar-refractivity contribution in [3.63, 3.8) is 0 Å². The van der Waals surface area contributed by atoms with Gasteiger partial charge in [-0.25, -0.2) is 4.98 Å². The quantitative estimate of drug-likeness (QED) is 0.587. The fourth-order valence-corrected chi connectivity index (χ4v) is 2.90. The first-order valence-electron chi connectivity index (χ1n) is 6.98. The molecule has 0 bridgehead atoms. The van der Waals surface area contributed by atoms with Crippen molar-refractivity contribution in [2.45, 2.75) is 45.6 Å². The third-order valence-corrected chi connectivity index (χ3v) is 5.00. The molecule has 4 nitrogen and oxygen atoms in total. The Kier molecular flexibility index (Phi) is 5.81. The SMILES string of the molecule is Cc1ncn(CCCCC2CCOCC2)c(=O)c1I. The molecule has 5 heteroatoms. The highest BCUT2D eigenvalue weighted by Gasteiger charge is 2.13. The normalized spacial score (nSPS) is 16.7. The van der Waals surface area contributed by atoms with Crippen molar-refractivity contribution in [1.29, 1.82) is 0 Å². The third kappa shape index (κ3) is 4.27. The number of rotatable bonds is 5. The van der Waals surface area contributed by atoms with Crippen molar-refractivity contribution in [2.75, 3.05) is 13.2 Å². The highest BCUT2D eigenvalue weighted by atomic mass is 127. The molecule has 0 radical (unpaired) electrons. The molecule has 1 aromatic rings. The topological polar surface area (TPSA) is 44.1 Å². The Morgan fingerprint density at radius 2 is 2.16 bits per heavy atom. The minimum absolute atomic E-state index is 0.0965. The average molecular weight is 376 g/mol. The molecule has 0 N–H and O–H groups in total. The van der Waals surface area contributed by atoms with E-state index in [9.17, 15) is 4.79 Å². The number of hydrogen-bond acceptors (Lipinski definition) is 3. The van der Waals surface area contributed by atoms with E-state index in [0.29, 0.717) is 0 Å². The van der Waals surface area contributed by atoms with Crippen LogP contribution in [0.1, 0.15) is 37.8 Å². The van der Waals surface area contributed by atoms with Gasteiger partial charge in [-0.2, -0.15) is 0 Å². The monoisotopic (exact) mass is 376 g/mol. The van der Waals surface area contributed by atoms with E-state index in [1.54, 1.807) is 10.9 Å². The van der Waals surface area contributed by atoms with Crippen LogP contribution in [0.15, 0.2) is 11.1 Å². The number of aryl methyl sites for hydroxylation is 2. The molecule has 0 aromatic carbocycles. The second-order valence-corrected chi connectivity index (χ2v) is 6.27. The van der Waals surface area contributed by atoms with Gasteiger partial charge in [0.25, 0.3) is 5.56 Å². The highest BCUT2D eigenvalue weighted by molar-refractivity contribution is 14.1. The van der Waals surface area contributed by atoms with Gasteiger partial charge in [0.15, 0.2) is 0 Å². The minimum Gasteiger partial charge on any atom is -0.381 e. The minimum atomic E-state index is 0.0965. The number of unbranched alkanes of at least 4 members (excludes halogenated alkanes) is 1. The summed E-state index contributed by atoms with van der Waals surface area (Å²) >= 11 is 2.08. The molecule has 1 saturated heterocycles. The highest BCUT2D eigenvalue weighted by Crippen LogP contribution is 2.20. The molecule has 1 aliphatic rings. The molecule has 106 valence electrons. The maximum absolute atomic E-state index is 12.0. The molecular weight excluding hydrogens is 355 g/mol. The van der Waals surface area contributed by atoms with Crippen molar-refractivity contribution < 1.29 is 4.74 Å². The molecule has 1 fully saturated rings. The maximum atomic E-state index is 12.0. The second-order valence-electron chi connectivity index (χ2n) is 5.19. The first kappa shape index (κ1) is 15.0. The lowest BCUT2D eigenvalue weighted by atomic mass is 9.94. The van der Waals surface area contributed by atoms with Gasteiger partial charge in [-0.05, 0) is 54.7 Å². The van der Waals surface area contributed by atoms with Gasteiger partial charge in [0, 0.05) is 19.8 Å². The number of hydrogen-bond donors (Lipinski definition) is 0. The van der Waals surface area contributed by atoms with Crippen molar-refractivity contribution >= 4 is 22.6 Å². The van der Waals surface area contributed by atoms with Crippen molar-refractivity contribution in [3.05, 3.63) is 25.9 Å². The van der Waals surface area contributed by atoms with E-state index < -0.39 is 0 Å². The van der Waals surface area contributed by atoms with Gasteiger partial charge < -0.3 is 4.74 Å². The Hall–Kier alpha value is -0.430. The predicted octanol–water partition coefficient (Wildman–Crippen LogP) is 2.75. The van der Waals surface area contributed by atoms with Crippen LogP contribution in [-0.4, -0.2) is 22.8 Å². The van der Waals surface area contributed by atoms with Crippen LogP contribution in [0.3, 0.4) is 0 Å². The molecular formula is C14H21IN2O2. The van der Waals surface area contributed by atoms with Gasteiger partial charge in [0.1, 0.15) is 0 Å². The summed E-state index contributed by atoms with van der Waals surface area (Å²) in [6.07, 6.45) is 7.57. The Morgan fingerprint density at radius 1 is 1.42 bits per heavy atom. The van der Waals surface area contributed by atoms with Gasteiger partial charge in [-0.1, -0.05) is 12.8 Å². The summed E-state index contributed by atoms with van der Waals surface area (Å²) in [5.41, 5.74) is 0.920. The van der Waals surface area contributed by atoms with Gasteiger partial charge in [0.05, 0.1) is 15.6 Å². The molecule has 19 heavy (non-hydrogen) atoms. The van der Waals surface area contributed by atoms with E-state index in [-0.39, 0.29) is 5.56 Å². The lowest BCUT2D eigenvalue weighted by Gasteiger charge is -2.21. The molecule has 2 rings (SSSR count). The van der Waals surface area contributed by atoms with E-state index in [2.05, 4.69) is 27.6 Å². The Balaban J connectivity index is 1.76. The fourth-order valence-electron chi connectivity index (χ4n) is 2.46. The first-order chi connectivity index (χ1) is 9.18. The number of ether oxygens (including phenoxy) is 1. The van der Waals surface area contributed by atoms with Crippen LogP contribution < -0.4 is 5.56 Å². The average Bonchev–Trinajstić information content (AvgIpc) is 2.44. The fraction of sp³-hybridized carbons (Fsp3) is 0.714. The largest absolute Gasteiger partial charge is 0.381 e. The smallest absolute Gasteiger partial charge is 0.266 e. The summed E-state index contributed by atoms with van der Waals surface area (Å²) in [5.74, 6) is 0.821. The first-order valence-corrected chi connectivity index (χ1v) is 8.05. The Morgan fingerprint density at radius 3 is 2.89 bits per heavy atom. The van der Waals surface area contributed by atoms with Gasteiger partial charge in [0.2, 0.25) is 0 Å². The molecule has 1 aromatic heterocycles. The number of aromatic nitrogens is 2. The number of nitrogens with zero attached hydrogens (tertiary/aromatic N) is 2. The Labute approximate surface area is 127 Å². The molecule has 2 heterocycles. The lowest BCUT2D eigenvalue weighted by molar-refractivity contribution is 0.0630. The zero-order valence-electron chi connectivity index (χ0n) is 11.4. The van der Waals surface area contributed by atoms with Crippen molar-refractivity contribution in [2.24, 2.45) is 5.92 Å². The van der Waals surface area contributed by atoms with Gasteiger partial charge >= 0.3 is 0 Å². The van der Waals surface area contributed by atoms with E-state index >= 15 is 0 Å². The summed E-state index contributed by atoms with van der Waals surface area (Å²) in [7, 11) is 0. The molecule has 0 aliphatic carbocycles. The second kappa shape index (κ2) is 7.38. The summed E-state index contributed by atoms with van der Waals surface area (Å²) in [4.78, 5) is 16.2. The van der Waals surface area contributed by atoms with Crippen molar-refractivity contribution in [3.8, 4) is 0 Å².